The molecule has 0 bridgehead atoms. The number of benzene rings is 3. The van der Waals surface area contributed by atoms with Crippen molar-refractivity contribution < 1.29 is 4.74 Å². The maximum absolute atomic E-state index is 6.49. The van der Waals surface area contributed by atoms with Gasteiger partial charge in [-0.15, -0.1) is 0 Å². The quantitative estimate of drug-likeness (QED) is 0.229. The molecular formula is C34H27N5O. The Labute approximate surface area is 232 Å². The van der Waals surface area contributed by atoms with Crippen LogP contribution in [0.5, 0.6) is 11.6 Å². The van der Waals surface area contributed by atoms with Crippen molar-refractivity contribution >= 4 is 21.8 Å². The van der Waals surface area contributed by atoms with Crippen molar-refractivity contribution in [1.29, 1.82) is 0 Å². The maximum atomic E-state index is 6.49. The fourth-order valence-electron chi connectivity index (χ4n) is 5.68. The first-order valence-corrected chi connectivity index (χ1v) is 13.3. The molecule has 0 aliphatic heterocycles. The highest BCUT2D eigenvalue weighted by Gasteiger charge is 2.16. The number of nitrogens with zero attached hydrogens (tertiary/aromatic N) is 5. The zero-order valence-corrected chi connectivity index (χ0v) is 22.5. The second-order valence-electron chi connectivity index (χ2n) is 10.1. The molecule has 0 fully saturated rings. The summed E-state index contributed by atoms with van der Waals surface area (Å²) >= 11 is 0. The second-order valence-corrected chi connectivity index (χ2v) is 10.1. The first-order valence-electron chi connectivity index (χ1n) is 13.3. The zero-order chi connectivity index (χ0) is 27.2. The highest BCUT2D eigenvalue weighted by Crippen LogP contribution is 2.36. The summed E-state index contributed by atoms with van der Waals surface area (Å²) in [6.07, 6.45) is 5.51. The van der Waals surface area contributed by atoms with Crippen molar-refractivity contribution in [3.8, 4) is 34.4 Å². The predicted octanol–water partition coefficient (Wildman–Crippen LogP) is 8.14. The third kappa shape index (κ3) is 4.10. The second kappa shape index (κ2) is 9.50. The van der Waals surface area contributed by atoms with Gasteiger partial charge < -0.3 is 4.74 Å². The minimum atomic E-state index is 0.502. The number of ether oxygens (including phenoxy) is 1. The minimum Gasteiger partial charge on any atom is -0.439 e. The maximum Gasteiger partial charge on any atom is 0.221 e. The Kier molecular flexibility index (Phi) is 5.67. The highest BCUT2D eigenvalue weighted by molar-refractivity contribution is 6.09. The van der Waals surface area contributed by atoms with Gasteiger partial charge in [0.25, 0.3) is 0 Å². The average molecular weight is 522 g/mol. The van der Waals surface area contributed by atoms with Gasteiger partial charge in [0.2, 0.25) is 5.88 Å². The van der Waals surface area contributed by atoms with Crippen LogP contribution in [0.2, 0.25) is 0 Å². The molecule has 3 aromatic carbocycles. The lowest BCUT2D eigenvalue weighted by atomic mass is 9.97. The topological polar surface area (TPSA) is 57.8 Å². The van der Waals surface area contributed by atoms with Gasteiger partial charge in [-0.1, -0.05) is 42.0 Å². The number of hydrogen-bond acceptors (Lipinski definition) is 4. The van der Waals surface area contributed by atoms with Gasteiger partial charge in [-0.05, 0) is 74.4 Å². The van der Waals surface area contributed by atoms with E-state index in [2.05, 4.69) is 90.0 Å². The van der Waals surface area contributed by atoms with E-state index in [0.29, 0.717) is 11.6 Å². The van der Waals surface area contributed by atoms with Crippen LogP contribution in [0.3, 0.4) is 0 Å². The monoisotopic (exact) mass is 521 g/mol. The lowest BCUT2D eigenvalue weighted by molar-refractivity contribution is 0.463. The molecule has 0 aliphatic carbocycles. The smallest absolute Gasteiger partial charge is 0.221 e. The summed E-state index contributed by atoms with van der Waals surface area (Å²) in [5, 5.41) is 6.77. The standard InChI is InChI=1S/C34H27N5O/c1-22-17-23(2)34(24(3)18-22)29-19-25(38-16-8-15-36-38)20-33(37-29)40-26-12-13-28-27-9-4-5-10-30(27)39(31(28)21-26)32-11-6-7-14-35-32/h4-21H,1-3H3. The number of pyridine rings is 2. The van der Waals surface area contributed by atoms with Crippen LogP contribution < -0.4 is 4.74 Å². The van der Waals surface area contributed by atoms with Crippen LogP contribution >= 0.6 is 0 Å². The van der Waals surface area contributed by atoms with E-state index >= 15 is 0 Å². The number of aromatic nitrogens is 5. The van der Waals surface area contributed by atoms with Gasteiger partial charge >= 0.3 is 0 Å². The van der Waals surface area contributed by atoms with Crippen LogP contribution in [0.25, 0.3) is 44.6 Å². The molecule has 0 radical (unpaired) electrons. The predicted molar refractivity (Wildman–Crippen MR) is 160 cm³/mol. The molecule has 7 rings (SSSR count). The summed E-state index contributed by atoms with van der Waals surface area (Å²) < 4.78 is 10.5. The van der Waals surface area contributed by atoms with Crippen LogP contribution in [0.4, 0.5) is 0 Å². The molecule has 0 N–H and O–H groups in total. The molecule has 6 nitrogen and oxygen atoms in total. The first kappa shape index (κ1) is 23.9. The Hall–Kier alpha value is -5.23. The van der Waals surface area contributed by atoms with Gasteiger partial charge in [-0.2, -0.15) is 5.10 Å². The molecule has 40 heavy (non-hydrogen) atoms. The van der Waals surface area contributed by atoms with Crippen molar-refractivity contribution in [3.63, 3.8) is 0 Å². The molecule has 0 aliphatic rings. The molecule has 0 amide bonds. The Bertz CT molecular complexity index is 1980. The zero-order valence-electron chi connectivity index (χ0n) is 22.5. The molecule has 4 heterocycles. The SMILES string of the molecule is Cc1cc(C)c(-c2cc(-n3cccn3)cc(Oc3ccc4c5ccccc5n(-c5ccccn5)c4c3)n2)c(C)c1. The first-order chi connectivity index (χ1) is 19.5. The summed E-state index contributed by atoms with van der Waals surface area (Å²) in [5.74, 6) is 2.06. The van der Waals surface area contributed by atoms with Crippen LogP contribution in [0.1, 0.15) is 16.7 Å². The summed E-state index contributed by atoms with van der Waals surface area (Å²) in [6, 6.07) is 30.8. The molecule has 0 saturated carbocycles. The minimum absolute atomic E-state index is 0.502. The fraction of sp³-hybridized carbons (Fsp3) is 0.0882. The van der Waals surface area contributed by atoms with Gasteiger partial charge in [0.05, 0.1) is 22.4 Å². The summed E-state index contributed by atoms with van der Waals surface area (Å²) in [7, 11) is 0. The number of aryl methyl sites for hydroxylation is 3. The molecule has 4 aromatic heterocycles. The third-order valence-electron chi connectivity index (χ3n) is 7.23. The summed E-state index contributed by atoms with van der Waals surface area (Å²) in [4.78, 5) is 9.62. The van der Waals surface area contributed by atoms with Crippen molar-refractivity contribution in [2.75, 3.05) is 0 Å². The highest BCUT2D eigenvalue weighted by atomic mass is 16.5. The van der Waals surface area contributed by atoms with Gasteiger partial charge in [0.15, 0.2) is 0 Å². The van der Waals surface area contributed by atoms with Crippen molar-refractivity contribution in [2.24, 2.45) is 0 Å². The Morgan fingerprint density at radius 1 is 0.700 bits per heavy atom. The van der Waals surface area contributed by atoms with Gasteiger partial charge in [0, 0.05) is 47.1 Å². The molecular weight excluding hydrogens is 494 g/mol. The van der Waals surface area contributed by atoms with Gasteiger partial charge in [-0.3, -0.25) is 4.57 Å². The van der Waals surface area contributed by atoms with E-state index in [9.17, 15) is 0 Å². The number of rotatable bonds is 5. The molecule has 7 aromatic rings. The van der Waals surface area contributed by atoms with E-state index in [1.165, 1.54) is 22.1 Å². The van der Waals surface area contributed by atoms with Crippen molar-refractivity contribution in [2.45, 2.75) is 20.8 Å². The van der Waals surface area contributed by atoms with Crippen LogP contribution in [0, 0.1) is 20.8 Å². The molecule has 194 valence electrons. The van der Waals surface area contributed by atoms with Gasteiger partial charge in [-0.25, -0.2) is 14.6 Å². The lowest BCUT2D eigenvalue weighted by Gasteiger charge is -2.15. The van der Waals surface area contributed by atoms with Gasteiger partial charge in [0.1, 0.15) is 11.6 Å². The largest absolute Gasteiger partial charge is 0.439 e. The van der Waals surface area contributed by atoms with Crippen molar-refractivity contribution in [1.82, 2.24) is 24.3 Å². The number of fused-ring (bicyclic) bond motifs is 3. The lowest BCUT2D eigenvalue weighted by Crippen LogP contribution is -2.01. The van der Waals surface area contributed by atoms with Crippen molar-refractivity contribution in [3.05, 3.63) is 126 Å². The van der Waals surface area contributed by atoms with E-state index in [4.69, 9.17) is 9.72 Å². The van der Waals surface area contributed by atoms with E-state index in [1.807, 2.05) is 53.5 Å². The molecule has 0 saturated heterocycles. The summed E-state index contributed by atoms with van der Waals surface area (Å²) in [6.45, 7) is 6.37. The van der Waals surface area contributed by atoms with E-state index in [-0.39, 0.29) is 0 Å². The van der Waals surface area contributed by atoms with E-state index < -0.39 is 0 Å². The van der Waals surface area contributed by atoms with E-state index in [1.54, 1.807) is 6.20 Å². The van der Waals surface area contributed by atoms with E-state index in [0.717, 1.165) is 39.2 Å². The van der Waals surface area contributed by atoms with Crippen LogP contribution in [0.15, 0.2) is 110 Å². The fourth-order valence-corrected chi connectivity index (χ4v) is 5.68. The normalized spacial score (nSPS) is 11.4. The Balaban J connectivity index is 1.38. The molecule has 6 heteroatoms. The molecule has 0 atom stereocenters. The Morgan fingerprint density at radius 2 is 1.50 bits per heavy atom. The summed E-state index contributed by atoms with van der Waals surface area (Å²) in [5.41, 5.74) is 8.54. The Morgan fingerprint density at radius 3 is 2.27 bits per heavy atom. The third-order valence-corrected chi connectivity index (χ3v) is 7.23. The molecule has 0 spiro atoms. The van der Waals surface area contributed by atoms with Crippen LogP contribution in [-0.2, 0) is 0 Å². The molecule has 0 unspecified atom stereocenters. The number of para-hydroxylation sites is 1. The average Bonchev–Trinajstić information content (AvgIpc) is 3.60. The number of hydrogen-bond donors (Lipinski definition) is 0. The van der Waals surface area contributed by atoms with Crippen LogP contribution in [-0.4, -0.2) is 24.3 Å².